The molecule has 1 amide bonds. The molecule has 7 heteroatoms. The fourth-order valence-electron chi connectivity index (χ4n) is 1.31. The van der Waals surface area contributed by atoms with Crippen molar-refractivity contribution in [1.29, 1.82) is 0 Å². The first-order valence-corrected chi connectivity index (χ1v) is 6.51. The largest absolute Gasteiger partial charge is 0.396 e. The zero-order chi connectivity index (χ0) is 12.8. The standard InChI is InChI=1S/C10H13Cl2NO3S/c1-16-5-6(2-3-14)13-10(15)7-4-8(11)17-9(7)12/h4,6,14H,2-3,5H2,1H3,(H,13,15). The number of hydrogen-bond acceptors (Lipinski definition) is 4. The van der Waals surface area contributed by atoms with Gasteiger partial charge in [0.25, 0.3) is 5.91 Å². The fraction of sp³-hybridized carbons (Fsp3) is 0.500. The number of nitrogens with one attached hydrogen (secondary N) is 1. The number of carbonyl (C=O) groups is 1. The van der Waals surface area contributed by atoms with Crippen LogP contribution in [-0.2, 0) is 4.74 Å². The van der Waals surface area contributed by atoms with E-state index in [0.29, 0.717) is 27.3 Å². The fourth-order valence-corrected chi connectivity index (χ4v) is 2.77. The molecule has 0 aliphatic rings. The molecule has 17 heavy (non-hydrogen) atoms. The van der Waals surface area contributed by atoms with Gasteiger partial charge < -0.3 is 15.2 Å². The van der Waals surface area contributed by atoms with Gasteiger partial charge in [-0.2, -0.15) is 0 Å². The third kappa shape index (κ3) is 4.44. The second-order valence-electron chi connectivity index (χ2n) is 3.38. The minimum absolute atomic E-state index is 0.0214. The van der Waals surface area contributed by atoms with Gasteiger partial charge in [0, 0.05) is 13.7 Å². The molecule has 0 saturated heterocycles. The van der Waals surface area contributed by atoms with Crippen LogP contribution < -0.4 is 5.32 Å². The van der Waals surface area contributed by atoms with Crippen molar-refractivity contribution in [2.24, 2.45) is 0 Å². The van der Waals surface area contributed by atoms with Crippen LogP contribution in [0.1, 0.15) is 16.8 Å². The minimum atomic E-state index is -0.311. The highest BCUT2D eigenvalue weighted by molar-refractivity contribution is 7.20. The number of ether oxygens (including phenoxy) is 1. The second-order valence-corrected chi connectivity index (χ2v) is 5.66. The minimum Gasteiger partial charge on any atom is -0.396 e. The molecule has 1 aromatic rings. The quantitative estimate of drug-likeness (QED) is 0.846. The van der Waals surface area contributed by atoms with Gasteiger partial charge in [-0.25, -0.2) is 0 Å². The highest BCUT2D eigenvalue weighted by Crippen LogP contribution is 2.31. The van der Waals surface area contributed by atoms with Crippen LogP contribution in [-0.4, -0.2) is 37.4 Å². The highest BCUT2D eigenvalue weighted by Gasteiger charge is 2.17. The Hall–Kier alpha value is -0.330. The number of carbonyl (C=O) groups excluding carboxylic acids is 1. The Bertz CT molecular complexity index is 378. The summed E-state index contributed by atoms with van der Waals surface area (Å²) in [6.07, 6.45) is 0.426. The lowest BCUT2D eigenvalue weighted by Crippen LogP contribution is -2.38. The third-order valence-corrected chi connectivity index (χ3v) is 3.57. The lowest BCUT2D eigenvalue weighted by molar-refractivity contribution is 0.0879. The van der Waals surface area contributed by atoms with Gasteiger partial charge in [0.05, 0.1) is 22.5 Å². The molecule has 1 heterocycles. The van der Waals surface area contributed by atoms with Crippen LogP contribution in [0.25, 0.3) is 0 Å². The van der Waals surface area contributed by atoms with Crippen LogP contribution in [0.4, 0.5) is 0 Å². The van der Waals surface area contributed by atoms with Crippen molar-refractivity contribution in [2.75, 3.05) is 20.3 Å². The van der Waals surface area contributed by atoms with E-state index in [1.165, 1.54) is 13.2 Å². The molecule has 96 valence electrons. The molecule has 1 rings (SSSR count). The summed E-state index contributed by atoms with van der Waals surface area (Å²) in [7, 11) is 1.53. The molecule has 0 spiro atoms. The maximum atomic E-state index is 11.9. The summed E-state index contributed by atoms with van der Waals surface area (Å²) >= 11 is 12.8. The predicted octanol–water partition coefficient (Wildman–Crippen LogP) is 2.18. The molecule has 1 atom stereocenters. The SMILES string of the molecule is COCC(CCO)NC(=O)c1cc(Cl)sc1Cl. The predicted molar refractivity (Wildman–Crippen MR) is 69.2 cm³/mol. The van der Waals surface area contributed by atoms with Gasteiger partial charge in [-0.3, -0.25) is 4.79 Å². The topological polar surface area (TPSA) is 58.6 Å². The summed E-state index contributed by atoms with van der Waals surface area (Å²) in [6.45, 7) is 0.314. The molecule has 1 aromatic heterocycles. The molecular weight excluding hydrogens is 285 g/mol. The van der Waals surface area contributed by atoms with Crippen LogP contribution in [0.3, 0.4) is 0 Å². The molecule has 0 aliphatic carbocycles. The van der Waals surface area contributed by atoms with Gasteiger partial charge in [0.15, 0.2) is 0 Å². The van der Waals surface area contributed by atoms with E-state index in [9.17, 15) is 4.79 Å². The first-order valence-electron chi connectivity index (χ1n) is 4.94. The summed E-state index contributed by atoms with van der Waals surface area (Å²) < 4.78 is 5.76. The van der Waals surface area contributed by atoms with Crippen molar-refractivity contribution in [1.82, 2.24) is 5.32 Å². The van der Waals surface area contributed by atoms with Crippen molar-refractivity contribution in [3.63, 3.8) is 0 Å². The van der Waals surface area contributed by atoms with Gasteiger partial charge in [0.1, 0.15) is 4.34 Å². The van der Waals surface area contributed by atoms with Crippen molar-refractivity contribution in [3.8, 4) is 0 Å². The van der Waals surface area contributed by atoms with E-state index < -0.39 is 0 Å². The Morgan fingerprint density at radius 2 is 2.35 bits per heavy atom. The van der Waals surface area contributed by atoms with E-state index in [4.69, 9.17) is 33.0 Å². The van der Waals surface area contributed by atoms with Crippen LogP contribution >= 0.6 is 34.5 Å². The maximum Gasteiger partial charge on any atom is 0.254 e. The first-order chi connectivity index (χ1) is 8.08. The average Bonchev–Trinajstić information content (AvgIpc) is 2.58. The van der Waals surface area contributed by atoms with E-state index in [2.05, 4.69) is 5.32 Å². The summed E-state index contributed by atoms with van der Waals surface area (Å²) in [5.41, 5.74) is 0.348. The Morgan fingerprint density at radius 1 is 1.65 bits per heavy atom. The van der Waals surface area contributed by atoms with Crippen LogP contribution in [0.15, 0.2) is 6.07 Å². The zero-order valence-electron chi connectivity index (χ0n) is 9.20. The van der Waals surface area contributed by atoms with E-state index in [1.807, 2.05) is 0 Å². The number of thiophene rings is 1. The maximum absolute atomic E-state index is 11.9. The van der Waals surface area contributed by atoms with E-state index >= 15 is 0 Å². The Labute approximate surface area is 113 Å². The number of aliphatic hydroxyl groups excluding tert-OH is 1. The summed E-state index contributed by atoms with van der Waals surface area (Å²) in [5, 5.41) is 11.6. The Balaban J connectivity index is 2.66. The summed E-state index contributed by atoms with van der Waals surface area (Å²) in [6, 6.07) is 1.28. The first kappa shape index (κ1) is 14.7. The normalized spacial score (nSPS) is 12.5. The number of aliphatic hydroxyl groups is 1. The van der Waals surface area contributed by atoms with Gasteiger partial charge in [0.2, 0.25) is 0 Å². The van der Waals surface area contributed by atoms with Crippen LogP contribution in [0.5, 0.6) is 0 Å². The van der Waals surface area contributed by atoms with Gasteiger partial charge in [-0.1, -0.05) is 23.2 Å². The number of methoxy groups -OCH3 is 1. The lowest BCUT2D eigenvalue weighted by Gasteiger charge is -2.16. The molecule has 1 unspecified atom stereocenters. The number of halogens is 2. The van der Waals surface area contributed by atoms with Crippen molar-refractivity contribution in [2.45, 2.75) is 12.5 Å². The smallest absolute Gasteiger partial charge is 0.254 e. The number of rotatable bonds is 6. The molecule has 0 saturated carbocycles. The van der Waals surface area contributed by atoms with E-state index in [0.717, 1.165) is 11.3 Å². The van der Waals surface area contributed by atoms with E-state index in [-0.39, 0.29) is 18.6 Å². The average molecular weight is 298 g/mol. The van der Waals surface area contributed by atoms with Crippen LogP contribution in [0.2, 0.25) is 8.67 Å². The van der Waals surface area contributed by atoms with Crippen molar-refractivity contribution >= 4 is 40.4 Å². The molecular formula is C10H13Cl2NO3S. The summed E-state index contributed by atoms with van der Waals surface area (Å²) in [5.74, 6) is -0.311. The Morgan fingerprint density at radius 3 is 2.82 bits per heavy atom. The molecule has 0 radical (unpaired) electrons. The van der Waals surface area contributed by atoms with Gasteiger partial charge in [-0.15, -0.1) is 11.3 Å². The van der Waals surface area contributed by atoms with Crippen molar-refractivity contribution in [3.05, 3.63) is 20.3 Å². The number of hydrogen-bond donors (Lipinski definition) is 2. The third-order valence-electron chi connectivity index (χ3n) is 2.08. The monoisotopic (exact) mass is 297 g/mol. The van der Waals surface area contributed by atoms with Gasteiger partial charge >= 0.3 is 0 Å². The molecule has 0 fully saturated rings. The summed E-state index contributed by atoms with van der Waals surface area (Å²) in [4.78, 5) is 11.9. The molecule has 0 bridgehead atoms. The lowest BCUT2D eigenvalue weighted by atomic mass is 10.2. The molecule has 0 aliphatic heterocycles. The van der Waals surface area contributed by atoms with Crippen molar-refractivity contribution < 1.29 is 14.6 Å². The molecule has 2 N–H and O–H groups in total. The molecule has 4 nitrogen and oxygen atoms in total. The second kappa shape index (κ2) is 7.18. The number of amides is 1. The highest BCUT2D eigenvalue weighted by atomic mass is 35.5. The Kier molecular flexibility index (Phi) is 6.22. The van der Waals surface area contributed by atoms with Gasteiger partial charge in [-0.05, 0) is 12.5 Å². The zero-order valence-corrected chi connectivity index (χ0v) is 11.5. The van der Waals surface area contributed by atoms with E-state index in [1.54, 1.807) is 0 Å². The van der Waals surface area contributed by atoms with Crippen LogP contribution in [0, 0.1) is 0 Å². The molecule has 0 aromatic carbocycles.